The highest BCUT2D eigenvalue weighted by Gasteiger charge is 2.38. The van der Waals surface area contributed by atoms with Gasteiger partial charge in [-0.15, -0.1) is 0 Å². The van der Waals surface area contributed by atoms with Crippen molar-refractivity contribution in [3.8, 4) is 6.07 Å². The van der Waals surface area contributed by atoms with E-state index >= 15 is 0 Å². The first kappa shape index (κ1) is 15.1. The Balaban J connectivity index is 4.71. The molecule has 0 N–H and O–H groups in total. The Bertz CT molecular complexity index is 321. The van der Waals surface area contributed by atoms with Crippen molar-refractivity contribution in [2.75, 3.05) is 0 Å². The standard InChI is InChI=1S/C12H21NO2Si/c1-10(7-11(8-13)9-14)15-16(5,6)12(2,3)4/h7,9-10H,1-6H3/t10-/m1/s1. The van der Waals surface area contributed by atoms with Crippen molar-refractivity contribution in [1.29, 1.82) is 5.26 Å². The average molecular weight is 239 g/mol. The summed E-state index contributed by atoms with van der Waals surface area (Å²) in [6.45, 7) is 12.6. The third kappa shape index (κ3) is 4.29. The molecule has 0 amide bonds. The van der Waals surface area contributed by atoms with Crippen LogP contribution < -0.4 is 0 Å². The van der Waals surface area contributed by atoms with Gasteiger partial charge in [-0.2, -0.15) is 5.26 Å². The molecule has 0 aliphatic heterocycles. The van der Waals surface area contributed by atoms with E-state index < -0.39 is 8.32 Å². The molecule has 0 aromatic rings. The van der Waals surface area contributed by atoms with Gasteiger partial charge in [0.1, 0.15) is 6.07 Å². The molecule has 0 radical (unpaired) electrons. The van der Waals surface area contributed by atoms with Crippen molar-refractivity contribution in [2.24, 2.45) is 0 Å². The van der Waals surface area contributed by atoms with Crippen molar-refractivity contribution >= 4 is 14.6 Å². The molecule has 4 heteroatoms. The summed E-state index contributed by atoms with van der Waals surface area (Å²) in [7, 11) is -1.83. The summed E-state index contributed by atoms with van der Waals surface area (Å²) in [6.07, 6.45) is 1.94. The third-order valence-electron chi connectivity index (χ3n) is 2.96. The minimum Gasteiger partial charge on any atom is -0.411 e. The van der Waals surface area contributed by atoms with Gasteiger partial charge >= 0.3 is 0 Å². The summed E-state index contributed by atoms with van der Waals surface area (Å²) < 4.78 is 5.99. The lowest BCUT2D eigenvalue weighted by molar-refractivity contribution is -0.104. The SMILES string of the molecule is C[C@H](C=C(C#N)C=O)O[Si](C)(C)C(C)(C)C. The molecular weight excluding hydrogens is 218 g/mol. The van der Waals surface area contributed by atoms with Crippen LogP contribution in [0.25, 0.3) is 0 Å². The zero-order chi connectivity index (χ0) is 13.0. The fourth-order valence-electron chi connectivity index (χ4n) is 1.03. The van der Waals surface area contributed by atoms with E-state index in [1.807, 2.05) is 13.0 Å². The Morgan fingerprint density at radius 2 is 1.94 bits per heavy atom. The van der Waals surface area contributed by atoms with Gasteiger partial charge < -0.3 is 4.43 Å². The molecule has 0 aromatic heterocycles. The quantitative estimate of drug-likeness (QED) is 0.328. The van der Waals surface area contributed by atoms with Crippen LogP contribution in [-0.2, 0) is 9.22 Å². The van der Waals surface area contributed by atoms with Crippen LogP contribution in [0, 0.1) is 11.3 Å². The van der Waals surface area contributed by atoms with Gasteiger partial charge in [-0.1, -0.05) is 20.8 Å². The summed E-state index contributed by atoms with van der Waals surface area (Å²) in [5.74, 6) is 0. The normalized spacial score (nSPS) is 15.4. The highest BCUT2D eigenvalue weighted by atomic mass is 28.4. The van der Waals surface area contributed by atoms with Crippen LogP contribution in [0.2, 0.25) is 18.1 Å². The van der Waals surface area contributed by atoms with Gasteiger partial charge in [0.15, 0.2) is 14.6 Å². The first-order valence-electron chi connectivity index (χ1n) is 5.39. The zero-order valence-electron chi connectivity index (χ0n) is 11.0. The van der Waals surface area contributed by atoms with E-state index in [1.54, 1.807) is 6.08 Å². The summed E-state index contributed by atoms with van der Waals surface area (Å²) >= 11 is 0. The van der Waals surface area contributed by atoms with Crippen molar-refractivity contribution in [3.63, 3.8) is 0 Å². The van der Waals surface area contributed by atoms with E-state index in [4.69, 9.17) is 9.69 Å². The van der Waals surface area contributed by atoms with Crippen LogP contribution in [-0.4, -0.2) is 20.7 Å². The highest BCUT2D eigenvalue weighted by Crippen LogP contribution is 2.37. The Kier molecular flexibility index (Phi) is 5.11. The lowest BCUT2D eigenvalue weighted by Crippen LogP contribution is -2.42. The van der Waals surface area contributed by atoms with Gasteiger partial charge in [0.05, 0.1) is 11.7 Å². The van der Waals surface area contributed by atoms with Gasteiger partial charge in [0.2, 0.25) is 0 Å². The smallest absolute Gasteiger partial charge is 0.192 e. The van der Waals surface area contributed by atoms with Gasteiger partial charge in [0.25, 0.3) is 0 Å². The second-order valence-electron chi connectivity index (χ2n) is 5.43. The first-order valence-corrected chi connectivity index (χ1v) is 8.30. The largest absolute Gasteiger partial charge is 0.411 e. The van der Waals surface area contributed by atoms with Crippen LogP contribution in [0.4, 0.5) is 0 Å². The van der Waals surface area contributed by atoms with Crippen molar-refractivity contribution in [2.45, 2.75) is 51.9 Å². The van der Waals surface area contributed by atoms with Crippen LogP contribution in [0.1, 0.15) is 27.7 Å². The van der Waals surface area contributed by atoms with E-state index in [9.17, 15) is 4.79 Å². The molecule has 90 valence electrons. The fourth-order valence-corrected chi connectivity index (χ4v) is 2.38. The van der Waals surface area contributed by atoms with Crippen molar-refractivity contribution < 1.29 is 9.22 Å². The third-order valence-corrected chi connectivity index (χ3v) is 7.53. The molecule has 0 saturated carbocycles. The maximum absolute atomic E-state index is 10.5. The molecule has 0 unspecified atom stereocenters. The summed E-state index contributed by atoms with van der Waals surface area (Å²) in [5.41, 5.74) is 0.131. The van der Waals surface area contributed by atoms with E-state index in [-0.39, 0.29) is 16.7 Å². The zero-order valence-corrected chi connectivity index (χ0v) is 12.0. The second-order valence-corrected chi connectivity index (χ2v) is 10.2. The summed E-state index contributed by atoms with van der Waals surface area (Å²) in [4.78, 5) is 10.5. The predicted molar refractivity (Wildman–Crippen MR) is 67.5 cm³/mol. The number of allylic oxidation sites excluding steroid dienone is 1. The van der Waals surface area contributed by atoms with E-state index in [0.717, 1.165) is 0 Å². The molecule has 0 saturated heterocycles. The van der Waals surface area contributed by atoms with Crippen molar-refractivity contribution in [1.82, 2.24) is 0 Å². The van der Waals surface area contributed by atoms with Gasteiger partial charge in [-0.3, -0.25) is 4.79 Å². The maximum Gasteiger partial charge on any atom is 0.192 e. The minimum absolute atomic E-state index is 0.128. The van der Waals surface area contributed by atoms with Crippen LogP contribution in [0.15, 0.2) is 11.6 Å². The molecule has 3 nitrogen and oxygen atoms in total. The van der Waals surface area contributed by atoms with Gasteiger partial charge in [-0.25, -0.2) is 0 Å². The number of nitriles is 1. The molecule has 0 aliphatic rings. The number of hydrogen-bond acceptors (Lipinski definition) is 3. The number of aldehydes is 1. The predicted octanol–water partition coefficient (Wildman–Crippen LogP) is 3.05. The molecule has 0 spiro atoms. The van der Waals surface area contributed by atoms with Crippen LogP contribution in [0.3, 0.4) is 0 Å². The van der Waals surface area contributed by atoms with Gasteiger partial charge in [0, 0.05) is 0 Å². The molecule has 0 aliphatic carbocycles. The lowest BCUT2D eigenvalue weighted by Gasteiger charge is -2.37. The topological polar surface area (TPSA) is 50.1 Å². The monoisotopic (exact) mass is 239 g/mol. The number of rotatable bonds is 4. The van der Waals surface area contributed by atoms with E-state index in [0.29, 0.717) is 6.29 Å². The fraction of sp³-hybridized carbons (Fsp3) is 0.667. The van der Waals surface area contributed by atoms with Gasteiger partial charge in [-0.05, 0) is 31.1 Å². The average Bonchev–Trinajstić information content (AvgIpc) is 2.11. The van der Waals surface area contributed by atoms with Crippen molar-refractivity contribution in [3.05, 3.63) is 11.6 Å². The number of nitrogens with zero attached hydrogens (tertiary/aromatic N) is 1. The molecule has 0 fully saturated rings. The Morgan fingerprint density at radius 1 is 1.44 bits per heavy atom. The Morgan fingerprint density at radius 3 is 2.25 bits per heavy atom. The van der Waals surface area contributed by atoms with Crippen LogP contribution >= 0.6 is 0 Å². The molecule has 0 heterocycles. The molecule has 16 heavy (non-hydrogen) atoms. The molecule has 0 aromatic carbocycles. The first-order chi connectivity index (χ1) is 7.14. The highest BCUT2D eigenvalue weighted by molar-refractivity contribution is 6.74. The summed E-state index contributed by atoms with van der Waals surface area (Å²) in [6, 6.07) is 1.84. The molecule has 0 rings (SSSR count). The number of carbonyl (C=O) groups excluding carboxylic acids is 1. The lowest BCUT2D eigenvalue weighted by atomic mass is 10.2. The van der Waals surface area contributed by atoms with E-state index in [1.165, 1.54) is 0 Å². The maximum atomic E-state index is 10.5. The summed E-state index contributed by atoms with van der Waals surface area (Å²) in [5, 5.41) is 8.77. The Hall–Kier alpha value is -0.923. The second kappa shape index (κ2) is 5.42. The number of hydrogen-bond donors (Lipinski definition) is 0. The molecular formula is C12H21NO2Si. The van der Waals surface area contributed by atoms with E-state index in [2.05, 4.69) is 33.9 Å². The minimum atomic E-state index is -1.83. The van der Waals surface area contributed by atoms with Crippen LogP contribution in [0.5, 0.6) is 0 Å². The Labute approximate surface area is 99.2 Å². The number of carbonyl (C=O) groups is 1. The molecule has 0 bridgehead atoms. The molecule has 1 atom stereocenters.